The van der Waals surface area contributed by atoms with Crippen LogP contribution in [0.1, 0.15) is 38.2 Å². The first-order valence-electron chi connectivity index (χ1n) is 8.33. The van der Waals surface area contributed by atoms with Crippen molar-refractivity contribution in [1.29, 1.82) is 0 Å². The number of carbonyl (C=O) groups is 3. The van der Waals surface area contributed by atoms with Gasteiger partial charge in [0.1, 0.15) is 16.5 Å². The van der Waals surface area contributed by atoms with E-state index >= 15 is 0 Å². The van der Waals surface area contributed by atoms with Gasteiger partial charge in [-0.1, -0.05) is 0 Å². The van der Waals surface area contributed by atoms with E-state index in [0.717, 1.165) is 11.3 Å². The second-order valence-electron chi connectivity index (χ2n) is 5.92. The van der Waals surface area contributed by atoms with Gasteiger partial charge in [0.25, 0.3) is 5.91 Å². The highest BCUT2D eigenvalue weighted by Gasteiger charge is 2.25. The SMILES string of the molecule is CCOC(=O)c1c(NC(=O)Cc2cn3cc(F)ccc3n2)sc(C(N)=O)c1C. The van der Waals surface area contributed by atoms with Gasteiger partial charge in [-0.05, 0) is 31.5 Å². The van der Waals surface area contributed by atoms with E-state index in [1.165, 1.54) is 22.7 Å². The molecule has 0 unspecified atom stereocenters. The zero-order chi connectivity index (χ0) is 20.4. The van der Waals surface area contributed by atoms with Gasteiger partial charge >= 0.3 is 5.97 Å². The van der Waals surface area contributed by atoms with Crippen molar-refractivity contribution in [2.75, 3.05) is 11.9 Å². The van der Waals surface area contributed by atoms with E-state index < -0.39 is 23.6 Å². The number of hydrogen-bond acceptors (Lipinski definition) is 6. The quantitative estimate of drug-likeness (QED) is 0.612. The van der Waals surface area contributed by atoms with Gasteiger partial charge in [-0.3, -0.25) is 9.59 Å². The molecule has 146 valence electrons. The van der Waals surface area contributed by atoms with E-state index in [9.17, 15) is 18.8 Å². The number of nitrogens with two attached hydrogens (primary N) is 1. The minimum Gasteiger partial charge on any atom is -0.462 e. The van der Waals surface area contributed by atoms with Gasteiger partial charge in [-0.15, -0.1) is 11.3 Å². The number of fused-ring (bicyclic) bond motifs is 1. The van der Waals surface area contributed by atoms with Gasteiger partial charge in [-0.2, -0.15) is 0 Å². The fourth-order valence-corrected chi connectivity index (χ4v) is 3.79. The third-order valence-electron chi connectivity index (χ3n) is 3.91. The van der Waals surface area contributed by atoms with E-state index in [0.29, 0.717) is 16.9 Å². The average Bonchev–Trinajstić information content (AvgIpc) is 3.14. The molecule has 3 aromatic heterocycles. The van der Waals surface area contributed by atoms with Crippen molar-refractivity contribution in [3.05, 3.63) is 52.0 Å². The molecule has 0 aliphatic heterocycles. The van der Waals surface area contributed by atoms with Crippen LogP contribution in [-0.2, 0) is 16.0 Å². The van der Waals surface area contributed by atoms with Gasteiger partial charge in [0.2, 0.25) is 5.91 Å². The van der Waals surface area contributed by atoms with E-state index in [1.54, 1.807) is 20.0 Å². The number of rotatable bonds is 6. The summed E-state index contributed by atoms with van der Waals surface area (Å²) in [7, 11) is 0. The lowest BCUT2D eigenvalue weighted by molar-refractivity contribution is -0.115. The van der Waals surface area contributed by atoms with Crippen molar-refractivity contribution in [1.82, 2.24) is 9.38 Å². The van der Waals surface area contributed by atoms with E-state index in [4.69, 9.17) is 10.5 Å². The molecule has 10 heteroatoms. The van der Waals surface area contributed by atoms with Gasteiger partial charge < -0.3 is 20.2 Å². The summed E-state index contributed by atoms with van der Waals surface area (Å²) < 4.78 is 19.8. The lowest BCUT2D eigenvalue weighted by Crippen LogP contribution is -2.17. The van der Waals surface area contributed by atoms with Crippen molar-refractivity contribution in [2.24, 2.45) is 5.73 Å². The number of nitrogens with one attached hydrogen (secondary N) is 1. The summed E-state index contributed by atoms with van der Waals surface area (Å²) in [6.07, 6.45) is 2.69. The molecule has 0 aliphatic carbocycles. The number of hydrogen-bond donors (Lipinski definition) is 2. The molecule has 0 aliphatic rings. The number of aromatic nitrogens is 2. The zero-order valence-corrected chi connectivity index (χ0v) is 15.9. The minimum atomic E-state index is -0.698. The summed E-state index contributed by atoms with van der Waals surface area (Å²) in [6.45, 7) is 3.36. The Hall–Kier alpha value is -3.27. The molecule has 3 heterocycles. The number of pyridine rings is 1. The number of ether oxygens (including phenoxy) is 1. The summed E-state index contributed by atoms with van der Waals surface area (Å²) >= 11 is 0.912. The van der Waals surface area contributed by atoms with Crippen LogP contribution < -0.4 is 11.1 Å². The van der Waals surface area contributed by atoms with Gasteiger partial charge in [0.15, 0.2) is 0 Å². The summed E-state index contributed by atoms with van der Waals surface area (Å²) in [5, 5.41) is 2.80. The minimum absolute atomic E-state index is 0.103. The highest BCUT2D eigenvalue weighted by molar-refractivity contribution is 7.18. The fourth-order valence-electron chi connectivity index (χ4n) is 2.72. The van der Waals surface area contributed by atoms with Crippen LogP contribution in [-0.4, -0.2) is 33.8 Å². The van der Waals surface area contributed by atoms with Crippen LogP contribution in [0.4, 0.5) is 9.39 Å². The van der Waals surface area contributed by atoms with Crippen LogP contribution in [0, 0.1) is 12.7 Å². The lowest BCUT2D eigenvalue weighted by atomic mass is 10.1. The molecule has 0 bridgehead atoms. The highest BCUT2D eigenvalue weighted by atomic mass is 32.1. The monoisotopic (exact) mass is 404 g/mol. The second-order valence-corrected chi connectivity index (χ2v) is 6.94. The average molecular weight is 404 g/mol. The number of thiophene rings is 1. The van der Waals surface area contributed by atoms with Crippen molar-refractivity contribution < 1.29 is 23.5 Å². The van der Waals surface area contributed by atoms with Gasteiger partial charge in [-0.25, -0.2) is 14.2 Å². The maximum absolute atomic E-state index is 13.3. The first kappa shape index (κ1) is 19.5. The maximum Gasteiger partial charge on any atom is 0.341 e. The van der Waals surface area contributed by atoms with Crippen LogP contribution in [0.15, 0.2) is 24.5 Å². The van der Waals surface area contributed by atoms with Crippen LogP contribution >= 0.6 is 11.3 Å². The molecule has 28 heavy (non-hydrogen) atoms. The molecule has 0 atom stereocenters. The molecule has 0 saturated carbocycles. The Labute approximate surface area is 163 Å². The molecule has 0 radical (unpaired) electrons. The van der Waals surface area contributed by atoms with Crippen molar-refractivity contribution in [2.45, 2.75) is 20.3 Å². The van der Waals surface area contributed by atoms with Crippen LogP contribution in [0.25, 0.3) is 5.65 Å². The molecule has 3 aromatic rings. The van der Waals surface area contributed by atoms with E-state index in [1.807, 2.05) is 0 Å². The number of primary amides is 1. The summed E-state index contributed by atoms with van der Waals surface area (Å²) in [6, 6.07) is 2.77. The Morgan fingerprint density at radius 3 is 2.75 bits per heavy atom. The highest BCUT2D eigenvalue weighted by Crippen LogP contribution is 2.33. The fraction of sp³-hybridized carbons (Fsp3) is 0.222. The van der Waals surface area contributed by atoms with Gasteiger partial charge in [0.05, 0.1) is 29.2 Å². The van der Waals surface area contributed by atoms with Gasteiger partial charge in [0, 0.05) is 12.4 Å². The summed E-state index contributed by atoms with van der Waals surface area (Å²) in [5.74, 6) is -2.22. The van der Waals surface area contributed by atoms with Crippen LogP contribution in [0.3, 0.4) is 0 Å². The normalized spacial score (nSPS) is 10.8. The van der Waals surface area contributed by atoms with E-state index in [2.05, 4.69) is 10.3 Å². The van der Waals surface area contributed by atoms with Crippen molar-refractivity contribution >= 4 is 39.8 Å². The molecule has 0 spiro atoms. The second kappa shape index (κ2) is 7.77. The summed E-state index contributed by atoms with van der Waals surface area (Å²) in [4.78, 5) is 40.7. The maximum atomic E-state index is 13.3. The molecule has 3 N–H and O–H groups in total. The number of amides is 2. The van der Waals surface area contributed by atoms with Crippen molar-refractivity contribution in [3.63, 3.8) is 0 Å². The third-order valence-corrected chi connectivity index (χ3v) is 5.13. The smallest absolute Gasteiger partial charge is 0.341 e. The predicted octanol–water partition coefficient (Wildman–Crippen LogP) is 2.30. The number of imidazole rings is 1. The number of carbonyl (C=O) groups excluding carboxylic acids is 3. The van der Waals surface area contributed by atoms with Crippen molar-refractivity contribution in [3.8, 4) is 0 Å². The predicted molar refractivity (Wildman–Crippen MR) is 101 cm³/mol. The Bertz CT molecular complexity index is 1090. The molecule has 0 fully saturated rings. The van der Waals surface area contributed by atoms with Crippen LogP contribution in [0.2, 0.25) is 0 Å². The standard InChI is InChI=1S/C18H17FN4O4S/c1-3-27-18(26)14-9(2)15(16(20)25)28-17(14)22-13(24)6-11-8-23-7-10(19)4-5-12(23)21-11/h4-5,7-8H,3,6H2,1-2H3,(H2,20,25)(H,22,24). The van der Waals surface area contributed by atoms with E-state index in [-0.39, 0.29) is 28.5 Å². The Balaban J connectivity index is 1.85. The molecular weight excluding hydrogens is 387 g/mol. The Kier molecular flexibility index (Phi) is 5.41. The first-order valence-corrected chi connectivity index (χ1v) is 9.15. The number of nitrogens with zero attached hydrogens (tertiary/aromatic N) is 2. The third kappa shape index (κ3) is 3.86. The summed E-state index contributed by atoms with van der Waals surface area (Å²) in [5.41, 5.74) is 6.72. The lowest BCUT2D eigenvalue weighted by Gasteiger charge is -2.06. The molecule has 8 nitrogen and oxygen atoms in total. The molecule has 3 rings (SSSR count). The molecule has 2 amide bonds. The topological polar surface area (TPSA) is 116 Å². The zero-order valence-electron chi connectivity index (χ0n) is 15.1. The Morgan fingerprint density at radius 1 is 1.32 bits per heavy atom. The number of anilines is 1. The number of halogens is 1. The Morgan fingerprint density at radius 2 is 2.07 bits per heavy atom. The van der Waals surface area contributed by atoms with Crippen LogP contribution in [0.5, 0.6) is 0 Å². The number of esters is 1. The largest absolute Gasteiger partial charge is 0.462 e. The molecule has 0 aromatic carbocycles. The molecular formula is C18H17FN4O4S. The first-order chi connectivity index (χ1) is 13.3. The molecule has 0 saturated heterocycles.